The molecule has 30 heavy (non-hydrogen) atoms. The second kappa shape index (κ2) is 8.97. The molecule has 11 heteroatoms. The number of aliphatic imine (C=N–C) groups is 2. The number of anilines is 1. The van der Waals surface area contributed by atoms with Crippen molar-refractivity contribution in [3.05, 3.63) is 36.2 Å². The summed E-state index contributed by atoms with van der Waals surface area (Å²) >= 11 is 0. The highest BCUT2D eigenvalue weighted by Crippen LogP contribution is 2.30. The Morgan fingerprint density at radius 3 is 2.87 bits per heavy atom. The number of piperidine rings is 1. The van der Waals surface area contributed by atoms with Crippen LogP contribution in [0.3, 0.4) is 0 Å². The van der Waals surface area contributed by atoms with Crippen LogP contribution >= 0.6 is 0 Å². The third-order valence-electron chi connectivity index (χ3n) is 4.81. The first-order chi connectivity index (χ1) is 14.3. The summed E-state index contributed by atoms with van der Waals surface area (Å²) in [5.41, 5.74) is -0.493. The van der Waals surface area contributed by atoms with E-state index in [1.54, 1.807) is 6.07 Å². The molecule has 0 saturated carbocycles. The number of nitrogens with zero attached hydrogens (tertiary/aromatic N) is 6. The lowest BCUT2D eigenvalue weighted by Crippen LogP contribution is -2.39. The van der Waals surface area contributed by atoms with Crippen LogP contribution in [0.15, 0.2) is 40.3 Å². The molecule has 1 aromatic heterocycles. The van der Waals surface area contributed by atoms with E-state index in [1.807, 2.05) is 4.90 Å². The van der Waals surface area contributed by atoms with E-state index in [0.717, 1.165) is 31.8 Å². The van der Waals surface area contributed by atoms with Gasteiger partial charge in [0.2, 0.25) is 0 Å². The van der Waals surface area contributed by atoms with Crippen molar-refractivity contribution in [1.82, 2.24) is 14.9 Å². The Morgan fingerprint density at radius 1 is 1.37 bits per heavy atom. The lowest BCUT2D eigenvalue weighted by atomic mass is 9.94. The number of aromatic nitrogens is 2. The van der Waals surface area contributed by atoms with Crippen LogP contribution in [0.4, 0.5) is 19.0 Å². The van der Waals surface area contributed by atoms with Crippen molar-refractivity contribution in [3.63, 3.8) is 0 Å². The molecule has 0 aromatic carbocycles. The number of rotatable bonds is 6. The maximum atomic E-state index is 13.1. The molecule has 1 aromatic rings. The van der Waals surface area contributed by atoms with E-state index in [9.17, 15) is 13.2 Å². The molecular weight excluding hydrogens is 397 g/mol. The fourth-order valence-corrected chi connectivity index (χ4v) is 3.33. The maximum Gasteiger partial charge on any atom is 0.434 e. The van der Waals surface area contributed by atoms with Gasteiger partial charge >= 0.3 is 6.18 Å². The van der Waals surface area contributed by atoms with Gasteiger partial charge in [-0.15, -0.1) is 0 Å². The lowest BCUT2D eigenvalue weighted by molar-refractivity contribution is -0.0934. The summed E-state index contributed by atoms with van der Waals surface area (Å²) in [4.78, 5) is 19.2. The summed E-state index contributed by atoms with van der Waals surface area (Å²) in [5, 5.41) is 15.2. The predicted molar refractivity (Wildman–Crippen MR) is 110 cm³/mol. The van der Waals surface area contributed by atoms with E-state index < -0.39 is 11.9 Å². The van der Waals surface area contributed by atoms with Gasteiger partial charge in [0, 0.05) is 43.8 Å². The topological polar surface area (TPSA) is 105 Å². The minimum Gasteiger partial charge on any atom is -0.356 e. The number of nitrogens with one attached hydrogen (secondary N) is 2. The van der Waals surface area contributed by atoms with Crippen molar-refractivity contribution in [1.29, 1.82) is 10.8 Å². The number of hydrogen-bond donors (Lipinski definition) is 2. The Balaban J connectivity index is 1.89. The van der Waals surface area contributed by atoms with Crippen LogP contribution in [0.2, 0.25) is 0 Å². The minimum absolute atomic E-state index is 0.0601. The highest BCUT2D eigenvalue weighted by Gasteiger charge is 2.36. The number of halogens is 3. The monoisotopic (exact) mass is 418 g/mol. The maximum absolute atomic E-state index is 13.1. The predicted octanol–water partition coefficient (Wildman–Crippen LogP) is 3.15. The molecular formula is C19H21F3N8. The summed E-state index contributed by atoms with van der Waals surface area (Å²) in [6.45, 7) is 4.77. The first-order valence-corrected chi connectivity index (χ1v) is 9.25. The molecule has 2 N–H and O–H groups in total. The van der Waals surface area contributed by atoms with Crippen molar-refractivity contribution in [3.8, 4) is 0 Å². The number of allylic oxidation sites excluding steroid dienone is 1. The second-order valence-corrected chi connectivity index (χ2v) is 6.80. The normalized spacial score (nSPS) is 20.0. The number of hydrogen-bond acceptors (Lipinski definition) is 8. The van der Waals surface area contributed by atoms with Crippen LogP contribution in [0.1, 0.15) is 18.7 Å². The quantitative estimate of drug-likeness (QED) is 0.693. The first-order valence-electron chi connectivity index (χ1n) is 9.25. The van der Waals surface area contributed by atoms with Crippen LogP contribution in [0.25, 0.3) is 5.70 Å². The van der Waals surface area contributed by atoms with Gasteiger partial charge in [0.1, 0.15) is 11.5 Å². The Morgan fingerprint density at radius 2 is 2.17 bits per heavy atom. The molecule has 3 heterocycles. The molecule has 3 rings (SSSR count). The smallest absolute Gasteiger partial charge is 0.356 e. The Bertz CT molecular complexity index is 919. The molecule has 158 valence electrons. The average Bonchev–Trinajstić information content (AvgIpc) is 2.76. The molecule has 1 unspecified atom stereocenters. The van der Waals surface area contributed by atoms with Crippen LogP contribution in [-0.4, -0.2) is 65.5 Å². The molecule has 1 atom stereocenters. The summed E-state index contributed by atoms with van der Waals surface area (Å²) in [6.07, 6.45) is 3.06. The summed E-state index contributed by atoms with van der Waals surface area (Å²) in [6, 6.07) is 1.72. The van der Waals surface area contributed by atoms with E-state index in [2.05, 4.69) is 26.7 Å². The van der Waals surface area contributed by atoms with Crippen molar-refractivity contribution < 1.29 is 13.2 Å². The average molecular weight is 418 g/mol. The molecule has 0 radical (unpaired) electrons. The fraction of sp³-hybridized carbons (Fsp3) is 0.368. The Labute approximate surface area is 171 Å². The zero-order valence-electron chi connectivity index (χ0n) is 16.1. The van der Waals surface area contributed by atoms with E-state index >= 15 is 0 Å². The highest BCUT2D eigenvalue weighted by atomic mass is 19.4. The van der Waals surface area contributed by atoms with E-state index in [4.69, 9.17) is 10.8 Å². The molecule has 8 nitrogen and oxygen atoms in total. The molecule has 0 spiro atoms. The Hall–Kier alpha value is -3.37. The van der Waals surface area contributed by atoms with Gasteiger partial charge in [-0.3, -0.25) is 9.98 Å². The molecule has 1 saturated heterocycles. The SMILES string of the molecule is C=N/C=C(/c1nccc(N2CCCC(C(=N)C=N)C2)n1)N1C=C(C(F)(F)F)N=CC1. The second-order valence-electron chi connectivity index (χ2n) is 6.80. The van der Waals surface area contributed by atoms with E-state index in [-0.39, 0.29) is 29.7 Å². The third-order valence-corrected chi connectivity index (χ3v) is 4.81. The van der Waals surface area contributed by atoms with Crippen molar-refractivity contribution in [2.24, 2.45) is 15.9 Å². The van der Waals surface area contributed by atoms with Gasteiger partial charge in [-0.1, -0.05) is 0 Å². The Kier molecular flexibility index (Phi) is 6.38. The van der Waals surface area contributed by atoms with E-state index in [1.165, 1.54) is 23.5 Å². The molecule has 0 amide bonds. The molecule has 2 aliphatic heterocycles. The van der Waals surface area contributed by atoms with Crippen molar-refractivity contribution in [2.45, 2.75) is 19.0 Å². The van der Waals surface area contributed by atoms with Crippen LogP contribution in [0.5, 0.6) is 0 Å². The molecule has 1 fully saturated rings. The summed E-state index contributed by atoms with van der Waals surface area (Å²) in [5.74, 6) is 0.746. The molecule has 0 aliphatic carbocycles. The van der Waals surface area contributed by atoms with Gasteiger partial charge in [0.25, 0.3) is 0 Å². The van der Waals surface area contributed by atoms with Crippen LogP contribution < -0.4 is 4.90 Å². The van der Waals surface area contributed by atoms with Gasteiger partial charge in [-0.2, -0.15) is 13.2 Å². The highest BCUT2D eigenvalue weighted by molar-refractivity contribution is 6.29. The van der Waals surface area contributed by atoms with Gasteiger partial charge in [0.15, 0.2) is 11.5 Å². The van der Waals surface area contributed by atoms with Gasteiger partial charge in [-0.25, -0.2) is 9.97 Å². The van der Waals surface area contributed by atoms with Crippen LogP contribution in [0, 0.1) is 16.7 Å². The van der Waals surface area contributed by atoms with Crippen molar-refractivity contribution in [2.75, 3.05) is 24.5 Å². The van der Waals surface area contributed by atoms with Gasteiger partial charge in [0.05, 0.1) is 18.5 Å². The summed E-state index contributed by atoms with van der Waals surface area (Å²) in [7, 11) is 0. The largest absolute Gasteiger partial charge is 0.434 e. The van der Waals surface area contributed by atoms with Crippen LogP contribution in [-0.2, 0) is 0 Å². The molecule has 0 bridgehead atoms. The lowest BCUT2D eigenvalue weighted by Gasteiger charge is -2.33. The standard InChI is InChI=1S/C19H21F3N8/c1-25-10-15(29-8-6-26-16(12-29)19(20,21)22)18-27-5-4-17(28-18)30-7-2-3-13(11-30)14(24)9-23/h4-6,9-10,12-13,23-24H,1-3,7-8,11H2/b15-10-,23-9?,24-14?. The zero-order chi connectivity index (χ0) is 21.7. The number of alkyl halides is 3. The summed E-state index contributed by atoms with van der Waals surface area (Å²) < 4.78 is 39.2. The first kappa shape index (κ1) is 21.3. The third kappa shape index (κ3) is 4.78. The van der Waals surface area contributed by atoms with Gasteiger partial charge in [-0.05, 0) is 25.6 Å². The fourth-order valence-electron chi connectivity index (χ4n) is 3.33. The zero-order valence-corrected chi connectivity index (χ0v) is 16.1. The molecule has 2 aliphatic rings. The van der Waals surface area contributed by atoms with E-state index in [0.29, 0.717) is 12.4 Å². The minimum atomic E-state index is -4.58. The van der Waals surface area contributed by atoms with Gasteiger partial charge < -0.3 is 20.6 Å². The van der Waals surface area contributed by atoms with Crippen molar-refractivity contribution >= 4 is 36.4 Å².